The van der Waals surface area contributed by atoms with E-state index in [1.807, 2.05) is 0 Å². The Labute approximate surface area is 254 Å². The lowest BCUT2D eigenvalue weighted by molar-refractivity contribution is 1.46. The van der Waals surface area contributed by atoms with E-state index in [0.29, 0.717) is 0 Å². The summed E-state index contributed by atoms with van der Waals surface area (Å²) < 4.78 is 0. The molecule has 0 aliphatic heterocycles. The Morgan fingerprint density at radius 1 is 0.209 bits per heavy atom. The van der Waals surface area contributed by atoms with E-state index in [4.69, 9.17) is 0 Å². The largest absolute Gasteiger partial charge is 0.0622 e. The van der Waals surface area contributed by atoms with Crippen molar-refractivity contribution in [2.45, 2.75) is 6.92 Å². The maximum atomic E-state index is 2.33. The first-order valence-electron chi connectivity index (χ1n) is 14.8. The van der Waals surface area contributed by atoms with Gasteiger partial charge in [0, 0.05) is 0 Å². The van der Waals surface area contributed by atoms with Crippen LogP contribution in [0.4, 0.5) is 0 Å². The summed E-state index contributed by atoms with van der Waals surface area (Å²) in [6.07, 6.45) is 0. The van der Waals surface area contributed by atoms with Gasteiger partial charge in [0.25, 0.3) is 0 Å². The minimum absolute atomic E-state index is 1.22. The first-order chi connectivity index (χ1) is 21.2. The summed E-state index contributed by atoms with van der Waals surface area (Å²) in [6, 6.07) is 63.5. The molecule has 0 saturated carbocycles. The third-order valence-corrected chi connectivity index (χ3v) is 8.08. The van der Waals surface area contributed by atoms with Crippen molar-refractivity contribution in [3.8, 4) is 66.8 Å². The molecule has 7 rings (SSSR count). The van der Waals surface area contributed by atoms with E-state index in [-0.39, 0.29) is 0 Å². The highest BCUT2D eigenvalue weighted by Gasteiger charge is 2.09. The molecule has 204 valence electrons. The van der Waals surface area contributed by atoms with E-state index in [2.05, 4.69) is 183 Å². The lowest BCUT2D eigenvalue weighted by Gasteiger charge is -2.12. The van der Waals surface area contributed by atoms with Crippen LogP contribution in [0.15, 0.2) is 176 Å². The lowest BCUT2D eigenvalue weighted by atomic mass is 9.92. The van der Waals surface area contributed by atoms with Gasteiger partial charge in [0.2, 0.25) is 0 Å². The molecule has 0 amide bonds. The lowest BCUT2D eigenvalue weighted by Crippen LogP contribution is -1.87. The highest BCUT2D eigenvalue weighted by atomic mass is 14.1. The first-order valence-corrected chi connectivity index (χ1v) is 14.8. The molecule has 0 fully saturated rings. The number of rotatable bonds is 6. The summed E-state index contributed by atoms with van der Waals surface area (Å²) >= 11 is 0. The van der Waals surface area contributed by atoms with Gasteiger partial charge in [0.1, 0.15) is 0 Å². The summed E-state index contributed by atoms with van der Waals surface area (Å²) in [6.45, 7) is 2.19. The molecule has 0 aliphatic carbocycles. The van der Waals surface area contributed by atoms with Gasteiger partial charge in [-0.1, -0.05) is 146 Å². The molecule has 0 saturated heterocycles. The van der Waals surface area contributed by atoms with Gasteiger partial charge < -0.3 is 0 Å². The Kier molecular flexibility index (Phi) is 7.26. The minimum Gasteiger partial charge on any atom is -0.0622 e. The zero-order valence-corrected chi connectivity index (χ0v) is 24.2. The van der Waals surface area contributed by atoms with Crippen molar-refractivity contribution in [2.75, 3.05) is 0 Å². The Hall–Kier alpha value is -5.46. The predicted octanol–water partition coefficient (Wildman–Crippen LogP) is 12.0. The van der Waals surface area contributed by atoms with Crippen molar-refractivity contribution in [1.82, 2.24) is 0 Å². The topological polar surface area (TPSA) is 0 Å². The van der Waals surface area contributed by atoms with E-state index in [1.165, 1.54) is 72.3 Å². The van der Waals surface area contributed by atoms with E-state index >= 15 is 0 Å². The van der Waals surface area contributed by atoms with Gasteiger partial charge >= 0.3 is 0 Å². The molecule has 0 N–H and O–H groups in total. The van der Waals surface area contributed by atoms with Crippen LogP contribution in [0.3, 0.4) is 0 Å². The molecular formula is C43H32. The number of hydrogen-bond acceptors (Lipinski definition) is 0. The summed E-state index contributed by atoms with van der Waals surface area (Å²) in [7, 11) is 0. The van der Waals surface area contributed by atoms with Crippen molar-refractivity contribution in [1.29, 1.82) is 0 Å². The maximum Gasteiger partial charge on any atom is -0.0175 e. The summed E-state index contributed by atoms with van der Waals surface area (Å²) in [4.78, 5) is 0. The van der Waals surface area contributed by atoms with Crippen LogP contribution >= 0.6 is 0 Å². The Morgan fingerprint density at radius 3 is 0.767 bits per heavy atom. The molecule has 0 radical (unpaired) electrons. The molecule has 43 heavy (non-hydrogen) atoms. The maximum absolute atomic E-state index is 2.33. The third kappa shape index (κ3) is 5.82. The van der Waals surface area contributed by atoms with Gasteiger partial charge in [-0.3, -0.25) is 0 Å². The smallest absolute Gasteiger partial charge is 0.0175 e. The fourth-order valence-electron chi connectivity index (χ4n) is 5.89. The van der Waals surface area contributed by atoms with Crippen LogP contribution in [-0.2, 0) is 0 Å². The highest BCUT2D eigenvalue weighted by molar-refractivity contribution is 5.81. The van der Waals surface area contributed by atoms with E-state index < -0.39 is 0 Å². The van der Waals surface area contributed by atoms with Gasteiger partial charge in [-0.05, 0) is 110 Å². The van der Waals surface area contributed by atoms with Crippen molar-refractivity contribution in [3.63, 3.8) is 0 Å². The molecule has 0 heterocycles. The molecule has 7 aromatic rings. The molecule has 0 nitrogen and oxygen atoms in total. The van der Waals surface area contributed by atoms with Crippen LogP contribution in [0.1, 0.15) is 5.56 Å². The minimum atomic E-state index is 1.22. The van der Waals surface area contributed by atoms with Gasteiger partial charge in [-0.25, -0.2) is 0 Å². The number of aryl methyl sites for hydroxylation is 1. The number of benzene rings is 7. The SMILES string of the molecule is Cc1cc(-c2cccc(-c3cccc(-c4ccccc4)c3)c2)cc(-c2cccc(-c3cccc(-c4ccccc4)c3)c2)c1. The quantitative estimate of drug-likeness (QED) is 0.194. The normalized spacial score (nSPS) is 10.9. The molecule has 0 bridgehead atoms. The van der Waals surface area contributed by atoms with E-state index in [1.54, 1.807) is 0 Å². The standard InChI is InChI=1S/C43H32/c1-31-24-42(40-22-10-20-38(28-40)36-18-8-16-34(26-36)32-12-4-2-5-13-32)30-43(25-31)41-23-11-21-39(29-41)37-19-9-17-35(27-37)33-14-6-3-7-15-33/h2-30H,1H3. The zero-order chi connectivity index (χ0) is 29.0. The Balaban J connectivity index is 1.22. The average Bonchev–Trinajstić information content (AvgIpc) is 3.09. The molecule has 0 spiro atoms. The average molecular weight is 549 g/mol. The Morgan fingerprint density at radius 2 is 0.442 bits per heavy atom. The van der Waals surface area contributed by atoms with Gasteiger partial charge in [-0.15, -0.1) is 0 Å². The van der Waals surface area contributed by atoms with Crippen LogP contribution in [0, 0.1) is 6.92 Å². The molecule has 0 unspecified atom stereocenters. The van der Waals surface area contributed by atoms with Crippen molar-refractivity contribution < 1.29 is 0 Å². The van der Waals surface area contributed by atoms with Crippen molar-refractivity contribution >= 4 is 0 Å². The third-order valence-electron chi connectivity index (χ3n) is 8.08. The fourth-order valence-corrected chi connectivity index (χ4v) is 5.89. The number of hydrogen-bond donors (Lipinski definition) is 0. The summed E-state index contributed by atoms with van der Waals surface area (Å²) in [5.41, 5.74) is 16.0. The van der Waals surface area contributed by atoms with Crippen LogP contribution in [0.2, 0.25) is 0 Å². The summed E-state index contributed by atoms with van der Waals surface area (Å²) in [5, 5.41) is 0. The van der Waals surface area contributed by atoms with Gasteiger partial charge in [0.15, 0.2) is 0 Å². The molecular weight excluding hydrogens is 516 g/mol. The summed E-state index contributed by atoms with van der Waals surface area (Å²) in [5.74, 6) is 0. The monoisotopic (exact) mass is 548 g/mol. The van der Waals surface area contributed by atoms with Crippen molar-refractivity contribution in [3.05, 3.63) is 181 Å². The highest BCUT2D eigenvalue weighted by Crippen LogP contribution is 2.34. The second-order valence-electron chi connectivity index (χ2n) is 11.1. The zero-order valence-electron chi connectivity index (χ0n) is 24.2. The molecule has 0 heteroatoms. The Bertz CT molecular complexity index is 1870. The van der Waals surface area contributed by atoms with Crippen molar-refractivity contribution in [2.24, 2.45) is 0 Å². The van der Waals surface area contributed by atoms with Crippen LogP contribution in [-0.4, -0.2) is 0 Å². The van der Waals surface area contributed by atoms with Crippen LogP contribution in [0.25, 0.3) is 66.8 Å². The second kappa shape index (κ2) is 11.8. The van der Waals surface area contributed by atoms with Gasteiger partial charge in [0.05, 0.1) is 0 Å². The van der Waals surface area contributed by atoms with E-state index in [9.17, 15) is 0 Å². The van der Waals surface area contributed by atoms with E-state index in [0.717, 1.165) is 0 Å². The molecule has 0 atom stereocenters. The predicted molar refractivity (Wildman–Crippen MR) is 184 cm³/mol. The van der Waals surface area contributed by atoms with Gasteiger partial charge in [-0.2, -0.15) is 0 Å². The van der Waals surface area contributed by atoms with Crippen LogP contribution in [0.5, 0.6) is 0 Å². The second-order valence-corrected chi connectivity index (χ2v) is 11.1. The fraction of sp³-hybridized carbons (Fsp3) is 0.0233. The molecule has 0 aromatic heterocycles. The molecule has 0 aliphatic rings. The van der Waals surface area contributed by atoms with Crippen LogP contribution < -0.4 is 0 Å². The first kappa shape index (κ1) is 26.4. The molecule has 7 aromatic carbocycles.